The molecule has 1 aromatic rings. The Morgan fingerprint density at radius 3 is 2.88 bits per heavy atom. The van der Waals surface area contributed by atoms with Crippen molar-refractivity contribution in [1.82, 2.24) is 10.6 Å². The molecule has 1 heterocycles. The van der Waals surface area contributed by atoms with E-state index >= 15 is 0 Å². The lowest BCUT2D eigenvalue weighted by Gasteiger charge is -2.44. The average molecular weight is 363 g/mol. The number of nitrogens with one attached hydrogen (secondary N) is 2. The Morgan fingerprint density at radius 1 is 1.32 bits per heavy atom. The van der Waals surface area contributed by atoms with Crippen LogP contribution >= 0.6 is 11.6 Å². The highest BCUT2D eigenvalue weighted by Crippen LogP contribution is 2.37. The number of fused-ring (bicyclic) bond motifs is 1. The van der Waals surface area contributed by atoms with Gasteiger partial charge in [0.1, 0.15) is 0 Å². The minimum Gasteiger partial charge on any atom is -0.353 e. The van der Waals surface area contributed by atoms with Crippen molar-refractivity contribution in [2.24, 2.45) is 11.8 Å². The third-order valence-corrected chi connectivity index (χ3v) is 6.01. The van der Waals surface area contributed by atoms with Crippen molar-refractivity contribution in [3.63, 3.8) is 0 Å². The predicted octanol–water partition coefficient (Wildman–Crippen LogP) is 3.47. The van der Waals surface area contributed by atoms with Crippen LogP contribution in [-0.4, -0.2) is 23.9 Å². The van der Waals surface area contributed by atoms with Crippen molar-refractivity contribution < 1.29 is 9.59 Å². The van der Waals surface area contributed by atoms with Crippen LogP contribution in [0.3, 0.4) is 0 Å². The van der Waals surface area contributed by atoms with Crippen molar-refractivity contribution in [1.29, 1.82) is 0 Å². The van der Waals surface area contributed by atoms with Crippen molar-refractivity contribution in [3.8, 4) is 0 Å². The number of carbonyl (C=O) groups excluding carboxylic acids is 2. The van der Waals surface area contributed by atoms with Gasteiger partial charge in [-0.15, -0.1) is 0 Å². The molecule has 2 fully saturated rings. The summed E-state index contributed by atoms with van der Waals surface area (Å²) in [5.74, 6) is 1.24. The first kappa shape index (κ1) is 18.2. The summed E-state index contributed by atoms with van der Waals surface area (Å²) in [5.41, 5.74) is 0.851. The van der Waals surface area contributed by atoms with Gasteiger partial charge in [-0.3, -0.25) is 9.59 Å². The zero-order chi connectivity index (χ0) is 17.8. The molecular formula is C20H27ClN2O2. The third-order valence-electron chi connectivity index (χ3n) is 5.64. The topological polar surface area (TPSA) is 58.2 Å². The summed E-state index contributed by atoms with van der Waals surface area (Å²) in [4.78, 5) is 24.4. The van der Waals surface area contributed by atoms with E-state index in [1.165, 1.54) is 0 Å². The van der Waals surface area contributed by atoms with Crippen molar-refractivity contribution in [3.05, 3.63) is 34.9 Å². The van der Waals surface area contributed by atoms with Gasteiger partial charge < -0.3 is 10.6 Å². The summed E-state index contributed by atoms with van der Waals surface area (Å²) in [6.07, 6.45) is 6.12. The molecule has 2 N–H and O–H groups in total. The molecular weight excluding hydrogens is 336 g/mol. The first-order valence-electron chi connectivity index (χ1n) is 9.39. The fraction of sp³-hybridized carbons (Fsp3) is 0.600. The summed E-state index contributed by atoms with van der Waals surface area (Å²) in [5, 5.41) is 6.93. The van der Waals surface area contributed by atoms with Crippen LogP contribution in [0.15, 0.2) is 24.3 Å². The van der Waals surface area contributed by atoms with Crippen LogP contribution < -0.4 is 10.6 Å². The van der Waals surface area contributed by atoms with Crippen LogP contribution in [-0.2, 0) is 16.0 Å². The van der Waals surface area contributed by atoms with Crippen LogP contribution in [0.2, 0.25) is 5.02 Å². The quantitative estimate of drug-likeness (QED) is 0.842. The van der Waals surface area contributed by atoms with Crippen LogP contribution in [0.5, 0.6) is 0 Å². The number of amides is 2. The van der Waals surface area contributed by atoms with Gasteiger partial charge in [-0.05, 0) is 49.1 Å². The van der Waals surface area contributed by atoms with Crippen LogP contribution in [0.1, 0.15) is 51.0 Å². The third kappa shape index (κ3) is 4.55. The smallest absolute Gasteiger partial charge is 0.224 e. The van der Waals surface area contributed by atoms with E-state index in [-0.39, 0.29) is 23.9 Å². The maximum atomic E-state index is 12.4. The van der Waals surface area contributed by atoms with Gasteiger partial charge in [0, 0.05) is 23.5 Å². The highest BCUT2D eigenvalue weighted by molar-refractivity contribution is 6.31. The van der Waals surface area contributed by atoms with E-state index in [1.54, 1.807) is 6.07 Å². The highest BCUT2D eigenvalue weighted by Gasteiger charge is 2.40. The molecule has 4 unspecified atom stereocenters. The monoisotopic (exact) mass is 362 g/mol. The number of rotatable bonds is 5. The molecule has 0 aromatic heterocycles. The molecule has 4 nitrogen and oxygen atoms in total. The number of hydrogen-bond donors (Lipinski definition) is 2. The second-order valence-electron chi connectivity index (χ2n) is 7.44. The Morgan fingerprint density at radius 2 is 2.12 bits per heavy atom. The predicted molar refractivity (Wildman–Crippen MR) is 99.4 cm³/mol. The van der Waals surface area contributed by atoms with E-state index < -0.39 is 0 Å². The van der Waals surface area contributed by atoms with E-state index in [9.17, 15) is 9.59 Å². The molecule has 0 bridgehead atoms. The molecule has 0 spiro atoms. The van der Waals surface area contributed by atoms with Gasteiger partial charge in [-0.1, -0.05) is 43.1 Å². The number of carbonyl (C=O) groups is 2. The first-order chi connectivity index (χ1) is 12.1. The Hall–Kier alpha value is -1.55. The fourth-order valence-electron chi connectivity index (χ4n) is 4.49. The minimum atomic E-state index is 0.00351. The van der Waals surface area contributed by atoms with E-state index in [0.29, 0.717) is 29.7 Å². The number of halogens is 1. The lowest BCUT2D eigenvalue weighted by molar-refractivity contribution is -0.127. The summed E-state index contributed by atoms with van der Waals surface area (Å²) in [6, 6.07) is 7.79. The normalized spacial score (nSPS) is 28.8. The number of hydrogen-bond acceptors (Lipinski definition) is 2. The Balaban J connectivity index is 1.56. The number of benzene rings is 1. The van der Waals surface area contributed by atoms with E-state index in [1.807, 2.05) is 18.2 Å². The van der Waals surface area contributed by atoms with Gasteiger partial charge in [-0.25, -0.2) is 0 Å². The lowest BCUT2D eigenvalue weighted by atomic mass is 9.70. The van der Waals surface area contributed by atoms with Crippen molar-refractivity contribution >= 4 is 23.4 Å². The molecule has 136 valence electrons. The SMILES string of the molecule is CCCC1CC(=O)NC2CC(NC(=O)Cc3ccccc3Cl)CCC12. The van der Waals surface area contributed by atoms with E-state index in [2.05, 4.69) is 17.6 Å². The van der Waals surface area contributed by atoms with E-state index in [4.69, 9.17) is 11.6 Å². The van der Waals surface area contributed by atoms with Gasteiger partial charge in [0.15, 0.2) is 0 Å². The Kier molecular flexibility index (Phi) is 6.00. The molecule has 3 rings (SSSR count). The molecule has 1 saturated heterocycles. The largest absolute Gasteiger partial charge is 0.353 e. The second-order valence-corrected chi connectivity index (χ2v) is 7.84. The van der Waals surface area contributed by atoms with Gasteiger partial charge in [0.2, 0.25) is 11.8 Å². The zero-order valence-electron chi connectivity index (χ0n) is 14.8. The molecule has 5 heteroatoms. The average Bonchev–Trinajstić information content (AvgIpc) is 2.57. The van der Waals surface area contributed by atoms with Crippen molar-refractivity contribution in [2.45, 2.75) is 64.0 Å². The number of piperidine rings is 1. The van der Waals surface area contributed by atoms with Crippen molar-refractivity contribution in [2.75, 3.05) is 0 Å². The summed E-state index contributed by atoms with van der Waals surface area (Å²) in [7, 11) is 0. The molecule has 1 aliphatic carbocycles. The maximum absolute atomic E-state index is 12.4. The zero-order valence-corrected chi connectivity index (χ0v) is 15.5. The first-order valence-corrected chi connectivity index (χ1v) is 9.76. The fourth-order valence-corrected chi connectivity index (χ4v) is 4.69. The summed E-state index contributed by atoms with van der Waals surface area (Å²) in [6.45, 7) is 2.18. The molecule has 25 heavy (non-hydrogen) atoms. The Labute approximate surface area is 154 Å². The molecule has 1 aromatic carbocycles. The van der Waals surface area contributed by atoms with Gasteiger partial charge in [0.25, 0.3) is 0 Å². The van der Waals surface area contributed by atoms with Gasteiger partial charge in [0.05, 0.1) is 6.42 Å². The van der Waals surface area contributed by atoms with Crippen LogP contribution in [0.25, 0.3) is 0 Å². The molecule has 2 aliphatic rings. The standard InChI is InChI=1S/C20H27ClN2O2/c1-2-5-13-10-20(25)23-18-12-15(8-9-16(13)18)22-19(24)11-14-6-3-4-7-17(14)21/h3-4,6-7,13,15-16,18H,2,5,8-12H2,1H3,(H,22,24)(H,23,25). The molecule has 0 radical (unpaired) electrons. The molecule has 1 saturated carbocycles. The maximum Gasteiger partial charge on any atom is 0.224 e. The summed E-state index contributed by atoms with van der Waals surface area (Å²) >= 11 is 6.14. The van der Waals surface area contributed by atoms with Gasteiger partial charge in [-0.2, -0.15) is 0 Å². The Bertz CT molecular complexity index is 634. The minimum absolute atomic E-state index is 0.00351. The molecule has 1 aliphatic heterocycles. The van der Waals surface area contributed by atoms with Gasteiger partial charge >= 0.3 is 0 Å². The molecule has 2 amide bonds. The second kappa shape index (κ2) is 8.22. The lowest BCUT2D eigenvalue weighted by Crippen LogP contribution is -2.55. The summed E-state index contributed by atoms with van der Waals surface area (Å²) < 4.78 is 0. The van der Waals surface area contributed by atoms with Crippen LogP contribution in [0.4, 0.5) is 0 Å². The highest BCUT2D eigenvalue weighted by atomic mass is 35.5. The molecule has 4 atom stereocenters. The van der Waals surface area contributed by atoms with E-state index in [0.717, 1.165) is 37.7 Å². The van der Waals surface area contributed by atoms with Crippen LogP contribution in [0, 0.1) is 11.8 Å².